The van der Waals surface area contributed by atoms with Gasteiger partial charge in [-0.15, -0.1) is 0 Å². The number of nitrogens with zero attached hydrogens (tertiary/aromatic N) is 1. The minimum atomic E-state index is -0.186. The highest BCUT2D eigenvalue weighted by Gasteiger charge is 2.25. The molecule has 0 heterocycles. The quantitative estimate of drug-likeness (QED) is 0.571. The summed E-state index contributed by atoms with van der Waals surface area (Å²) < 4.78 is 5.11. The zero-order chi connectivity index (χ0) is 19.9. The van der Waals surface area contributed by atoms with Crippen molar-refractivity contribution < 1.29 is 14.3 Å². The van der Waals surface area contributed by atoms with E-state index in [4.69, 9.17) is 4.74 Å². The third-order valence-corrected chi connectivity index (χ3v) is 4.92. The first-order chi connectivity index (χ1) is 13.5. The van der Waals surface area contributed by atoms with Gasteiger partial charge in [0.1, 0.15) is 5.75 Å². The number of carbonyl (C=O) groups is 2. The van der Waals surface area contributed by atoms with Gasteiger partial charge in [-0.2, -0.15) is 5.10 Å². The van der Waals surface area contributed by atoms with Crippen molar-refractivity contribution in [2.45, 2.75) is 32.6 Å². The molecule has 0 unspecified atom stereocenters. The van der Waals surface area contributed by atoms with Crippen LogP contribution < -0.4 is 15.5 Å². The number of hydrazone groups is 1. The minimum Gasteiger partial charge on any atom is -0.497 e. The second-order valence-electron chi connectivity index (χ2n) is 6.95. The van der Waals surface area contributed by atoms with Crippen LogP contribution >= 0.6 is 0 Å². The molecule has 0 atom stereocenters. The molecule has 0 aromatic heterocycles. The normalized spacial score (nSPS) is 14.1. The van der Waals surface area contributed by atoms with E-state index in [9.17, 15) is 9.59 Å². The fraction of sp³-hybridized carbons (Fsp3) is 0.318. The molecule has 2 aromatic carbocycles. The van der Waals surface area contributed by atoms with Crippen molar-refractivity contribution in [2.75, 3.05) is 12.4 Å². The molecule has 1 aliphatic rings. The number of nitrogens with one attached hydrogen (secondary N) is 2. The van der Waals surface area contributed by atoms with Crippen molar-refractivity contribution in [1.29, 1.82) is 0 Å². The number of methoxy groups -OCH3 is 1. The highest BCUT2D eigenvalue weighted by Crippen LogP contribution is 2.27. The van der Waals surface area contributed by atoms with E-state index in [1.54, 1.807) is 7.11 Å². The maximum Gasteiger partial charge on any atom is 0.244 e. The van der Waals surface area contributed by atoms with Crippen molar-refractivity contribution in [3.63, 3.8) is 0 Å². The molecule has 2 N–H and O–H groups in total. The summed E-state index contributed by atoms with van der Waals surface area (Å²) in [5.41, 5.74) is 5.82. The Hall–Kier alpha value is -3.15. The van der Waals surface area contributed by atoms with Gasteiger partial charge in [-0.3, -0.25) is 9.59 Å². The van der Waals surface area contributed by atoms with Crippen molar-refractivity contribution in [2.24, 2.45) is 11.0 Å². The van der Waals surface area contributed by atoms with Crippen LogP contribution in [0.3, 0.4) is 0 Å². The molecule has 28 heavy (non-hydrogen) atoms. The lowest BCUT2D eigenvalue weighted by Crippen LogP contribution is -2.28. The van der Waals surface area contributed by atoms with Gasteiger partial charge in [-0.25, -0.2) is 5.43 Å². The number of carbonyl (C=O) groups excluding carboxylic acids is 2. The monoisotopic (exact) mass is 379 g/mol. The van der Waals surface area contributed by atoms with E-state index in [2.05, 4.69) is 15.8 Å². The zero-order valence-electron chi connectivity index (χ0n) is 16.2. The maximum atomic E-state index is 12.1. The van der Waals surface area contributed by atoms with E-state index >= 15 is 0 Å². The van der Waals surface area contributed by atoms with Crippen molar-refractivity contribution in [1.82, 2.24) is 5.43 Å². The first kappa shape index (κ1) is 19.6. The molecular formula is C22H25N3O3. The summed E-state index contributed by atoms with van der Waals surface area (Å²) in [6, 6.07) is 14.8. The molecule has 0 spiro atoms. The van der Waals surface area contributed by atoms with Gasteiger partial charge in [0.2, 0.25) is 11.8 Å². The molecule has 2 amide bonds. The van der Waals surface area contributed by atoms with E-state index in [1.165, 1.54) is 0 Å². The second-order valence-corrected chi connectivity index (χ2v) is 6.95. The second kappa shape index (κ2) is 9.17. The van der Waals surface area contributed by atoms with Crippen LogP contribution in [0.1, 0.15) is 37.3 Å². The molecule has 0 radical (unpaired) electrons. The van der Waals surface area contributed by atoms with Gasteiger partial charge in [-0.1, -0.05) is 30.7 Å². The summed E-state index contributed by atoms with van der Waals surface area (Å²) in [7, 11) is 1.61. The predicted octanol–water partition coefficient (Wildman–Crippen LogP) is 3.52. The van der Waals surface area contributed by atoms with Gasteiger partial charge < -0.3 is 10.1 Å². The van der Waals surface area contributed by atoms with Crippen LogP contribution in [0.4, 0.5) is 5.69 Å². The molecule has 1 fully saturated rings. The van der Waals surface area contributed by atoms with E-state index < -0.39 is 0 Å². The molecule has 1 aliphatic carbocycles. The molecule has 0 aliphatic heterocycles. The molecule has 146 valence electrons. The van der Waals surface area contributed by atoms with E-state index in [-0.39, 0.29) is 24.2 Å². The third-order valence-electron chi connectivity index (χ3n) is 4.92. The fourth-order valence-electron chi connectivity index (χ4n) is 2.89. The molecule has 0 bridgehead atoms. The van der Waals surface area contributed by atoms with Crippen LogP contribution in [-0.2, 0) is 16.0 Å². The molecule has 6 nitrogen and oxygen atoms in total. The lowest BCUT2D eigenvalue weighted by Gasteiger charge is -2.24. The van der Waals surface area contributed by atoms with Gasteiger partial charge in [0.15, 0.2) is 0 Å². The van der Waals surface area contributed by atoms with Crippen LogP contribution in [0.25, 0.3) is 0 Å². The molecule has 6 heteroatoms. The topological polar surface area (TPSA) is 79.8 Å². The Bertz CT molecular complexity index is 854. The number of rotatable bonds is 7. The summed E-state index contributed by atoms with van der Waals surface area (Å²) >= 11 is 0. The number of ether oxygens (including phenoxy) is 1. The van der Waals surface area contributed by atoms with Crippen LogP contribution in [0, 0.1) is 5.92 Å². The number of anilines is 1. The van der Waals surface area contributed by atoms with Gasteiger partial charge in [0, 0.05) is 11.6 Å². The van der Waals surface area contributed by atoms with Crippen molar-refractivity contribution in [3.05, 3.63) is 59.7 Å². The minimum absolute atomic E-state index is 0.0928. The van der Waals surface area contributed by atoms with Crippen LogP contribution in [0.15, 0.2) is 53.6 Å². The van der Waals surface area contributed by atoms with Crippen LogP contribution in [-0.4, -0.2) is 24.6 Å². The Morgan fingerprint density at radius 2 is 1.75 bits per heavy atom. The van der Waals surface area contributed by atoms with Gasteiger partial charge in [0.25, 0.3) is 0 Å². The lowest BCUT2D eigenvalue weighted by atomic mass is 9.85. The smallest absolute Gasteiger partial charge is 0.244 e. The number of hydrogen-bond donors (Lipinski definition) is 2. The van der Waals surface area contributed by atoms with E-state index in [1.807, 2.05) is 55.5 Å². The molecule has 2 aromatic rings. The standard InChI is InChI=1S/C22H25N3O3/c1-15(24-25-21(26)14-16-6-12-20(28-2)13-7-16)17-8-10-19(11-9-17)23-22(27)18-4-3-5-18/h6-13,18H,3-5,14H2,1-2H3,(H,23,27)(H,25,26)/b24-15-. The summed E-state index contributed by atoms with van der Waals surface area (Å²) in [6.45, 7) is 1.83. The maximum absolute atomic E-state index is 12.1. The average Bonchev–Trinajstić information content (AvgIpc) is 2.66. The number of benzene rings is 2. The Kier molecular flexibility index (Phi) is 6.42. The number of hydrogen-bond acceptors (Lipinski definition) is 4. The Labute approximate surface area is 165 Å². The Morgan fingerprint density at radius 3 is 2.32 bits per heavy atom. The first-order valence-corrected chi connectivity index (χ1v) is 9.42. The molecule has 1 saturated carbocycles. The van der Waals surface area contributed by atoms with Crippen molar-refractivity contribution in [3.8, 4) is 5.75 Å². The molecular weight excluding hydrogens is 354 g/mol. The Morgan fingerprint density at radius 1 is 1.07 bits per heavy atom. The summed E-state index contributed by atoms with van der Waals surface area (Å²) in [4.78, 5) is 24.1. The predicted molar refractivity (Wildman–Crippen MR) is 109 cm³/mol. The fourth-order valence-corrected chi connectivity index (χ4v) is 2.89. The van der Waals surface area contributed by atoms with Gasteiger partial charge in [0.05, 0.1) is 19.2 Å². The highest BCUT2D eigenvalue weighted by atomic mass is 16.5. The van der Waals surface area contributed by atoms with E-state index in [0.29, 0.717) is 5.71 Å². The van der Waals surface area contributed by atoms with Gasteiger partial charge >= 0.3 is 0 Å². The largest absolute Gasteiger partial charge is 0.497 e. The van der Waals surface area contributed by atoms with Gasteiger partial charge in [-0.05, 0) is 55.2 Å². The van der Waals surface area contributed by atoms with Crippen LogP contribution in [0.5, 0.6) is 5.75 Å². The zero-order valence-corrected chi connectivity index (χ0v) is 16.2. The SMILES string of the molecule is COc1ccc(CC(=O)N/N=C(/C)c2ccc(NC(=O)C3CCC3)cc2)cc1. The molecule has 0 saturated heterocycles. The Balaban J connectivity index is 1.52. The van der Waals surface area contributed by atoms with Crippen LogP contribution in [0.2, 0.25) is 0 Å². The summed E-state index contributed by atoms with van der Waals surface area (Å²) in [5.74, 6) is 0.818. The first-order valence-electron chi connectivity index (χ1n) is 9.42. The third kappa shape index (κ3) is 5.19. The lowest BCUT2D eigenvalue weighted by molar-refractivity contribution is -0.122. The summed E-state index contributed by atoms with van der Waals surface area (Å²) in [6.07, 6.45) is 3.33. The highest BCUT2D eigenvalue weighted by molar-refractivity contribution is 6.00. The van der Waals surface area contributed by atoms with Crippen molar-refractivity contribution >= 4 is 23.2 Å². The van der Waals surface area contributed by atoms with E-state index in [0.717, 1.165) is 41.8 Å². The number of amides is 2. The summed E-state index contributed by atoms with van der Waals surface area (Å²) in [5, 5.41) is 7.11. The average molecular weight is 379 g/mol. The molecule has 3 rings (SSSR count).